The van der Waals surface area contributed by atoms with E-state index in [1.807, 2.05) is 44.2 Å². The Hall–Kier alpha value is -3.02. The van der Waals surface area contributed by atoms with Crippen LogP contribution in [0.1, 0.15) is 36.2 Å². The molecule has 6 nitrogen and oxygen atoms in total. The molecule has 1 aliphatic heterocycles. The third-order valence-corrected chi connectivity index (χ3v) is 4.21. The summed E-state index contributed by atoms with van der Waals surface area (Å²) < 4.78 is 16.3. The first-order valence-corrected chi connectivity index (χ1v) is 8.90. The van der Waals surface area contributed by atoms with Crippen molar-refractivity contribution in [3.05, 3.63) is 53.6 Å². The Morgan fingerprint density at radius 3 is 2.56 bits per heavy atom. The zero-order chi connectivity index (χ0) is 19.4. The second kappa shape index (κ2) is 8.12. The Morgan fingerprint density at radius 2 is 1.85 bits per heavy atom. The summed E-state index contributed by atoms with van der Waals surface area (Å²) >= 11 is 0. The first-order chi connectivity index (χ1) is 13.0. The smallest absolute Gasteiger partial charge is 0.274 e. The van der Waals surface area contributed by atoms with Crippen molar-refractivity contribution in [2.24, 2.45) is 5.10 Å². The summed E-state index contributed by atoms with van der Waals surface area (Å²) in [5.74, 6) is 1.84. The van der Waals surface area contributed by atoms with Crippen LogP contribution >= 0.6 is 0 Å². The Kier molecular flexibility index (Phi) is 5.64. The number of carbonyl (C=O) groups is 1. The number of carbonyl (C=O) groups excluding carboxylic acids is 1. The molecule has 2 aromatic rings. The normalized spacial score (nSPS) is 13.5. The fourth-order valence-corrected chi connectivity index (χ4v) is 2.95. The minimum Gasteiger partial charge on any atom is -0.493 e. The molecule has 142 valence electrons. The molecule has 0 N–H and O–H groups in total. The second-order valence-corrected chi connectivity index (χ2v) is 6.49. The molecule has 0 saturated carbocycles. The van der Waals surface area contributed by atoms with E-state index in [0.717, 1.165) is 11.3 Å². The van der Waals surface area contributed by atoms with Crippen molar-refractivity contribution < 1.29 is 19.0 Å². The van der Waals surface area contributed by atoms with Gasteiger partial charge >= 0.3 is 0 Å². The van der Waals surface area contributed by atoms with Crippen LogP contribution in [0, 0.1) is 0 Å². The van der Waals surface area contributed by atoms with E-state index < -0.39 is 0 Å². The number of rotatable bonds is 6. The molecule has 0 radical (unpaired) electrons. The Balaban J connectivity index is 1.80. The van der Waals surface area contributed by atoms with Crippen molar-refractivity contribution in [2.75, 3.05) is 20.8 Å². The maximum absolute atomic E-state index is 12.8. The molecular weight excluding hydrogens is 344 g/mol. The molecule has 0 spiro atoms. The van der Waals surface area contributed by atoms with Crippen LogP contribution in [-0.4, -0.2) is 43.5 Å². The third kappa shape index (κ3) is 4.22. The molecule has 0 fully saturated rings. The Morgan fingerprint density at radius 1 is 1.07 bits per heavy atom. The van der Waals surface area contributed by atoms with E-state index in [1.165, 1.54) is 5.01 Å². The topological polar surface area (TPSA) is 60.4 Å². The molecule has 0 bridgehead atoms. The van der Waals surface area contributed by atoms with Gasteiger partial charge in [0.15, 0.2) is 11.5 Å². The lowest BCUT2D eigenvalue weighted by molar-refractivity contribution is 0.0777. The van der Waals surface area contributed by atoms with Gasteiger partial charge in [-0.2, -0.15) is 5.10 Å². The number of hydrogen-bond donors (Lipinski definition) is 0. The molecule has 0 saturated heterocycles. The average Bonchev–Trinajstić information content (AvgIpc) is 3.16. The van der Waals surface area contributed by atoms with E-state index in [2.05, 4.69) is 5.10 Å². The SMILES string of the molecule is COc1ccc(C2=NN(C(=O)c3cccc(OC(C)C)c3)CC2)cc1OC. The third-order valence-electron chi connectivity index (χ3n) is 4.21. The highest BCUT2D eigenvalue weighted by molar-refractivity contribution is 6.04. The highest BCUT2D eigenvalue weighted by Gasteiger charge is 2.23. The van der Waals surface area contributed by atoms with Crippen molar-refractivity contribution in [1.82, 2.24) is 5.01 Å². The molecule has 0 unspecified atom stereocenters. The number of ether oxygens (including phenoxy) is 3. The summed E-state index contributed by atoms with van der Waals surface area (Å²) in [6.45, 7) is 4.45. The number of hydrogen-bond acceptors (Lipinski definition) is 5. The van der Waals surface area contributed by atoms with Crippen LogP contribution in [0.5, 0.6) is 17.2 Å². The zero-order valence-corrected chi connectivity index (χ0v) is 16.1. The first kappa shape index (κ1) is 18.8. The lowest BCUT2D eigenvalue weighted by Gasteiger charge is -2.14. The van der Waals surface area contributed by atoms with Crippen molar-refractivity contribution in [1.29, 1.82) is 0 Å². The fourth-order valence-electron chi connectivity index (χ4n) is 2.95. The minimum atomic E-state index is -0.139. The summed E-state index contributed by atoms with van der Waals surface area (Å²) in [7, 11) is 3.20. The monoisotopic (exact) mass is 368 g/mol. The molecule has 3 rings (SSSR count). The highest BCUT2D eigenvalue weighted by atomic mass is 16.5. The van der Waals surface area contributed by atoms with Crippen LogP contribution < -0.4 is 14.2 Å². The van der Waals surface area contributed by atoms with Crippen molar-refractivity contribution >= 4 is 11.6 Å². The summed E-state index contributed by atoms with van der Waals surface area (Å²) in [5, 5.41) is 6.02. The number of methoxy groups -OCH3 is 2. The van der Waals surface area contributed by atoms with Gasteiger partial charge in [0.1, 0.15) is 5.75 Å². The predicted octanol–water partition coefficient (Wildman–Crippen LogP) is 3.74. The molecule has 6 heteroatoms. The number of hydrazone groups is 1. The quantitative estimate of drug-likeness (QED) is 0.779. The van der Waals surface area contributed by atoms with Crippen molar-refractivity contribution in [3.8, 4) is 17.2 Å². The van der Waals surface area contributed by atoms with E-state index in [4.69, 9.17) is 14.2 Å². The van der Waals surface area contributed by atoms with Gasteiger partial charge in [0.25, 0.3) is 5.91 Å². The highest BCUT2D eigenvalue weighted by Crippen LogP contribution is 2.29. The van der Waals surface area contributed by atoms with Crippen LogP contribution in [0.15, 0.2) is 47.6 Å². The van der Waals surface area contributed by atoms with Crippen LogP contribution in [0.3, 0.4) is 0 Å². The first-order valence-electron chi connectivity index (χ1n) is 8.90. The van der Waals surface area contributed by atoms with Crippen molar-refractivity contribution in [2.45, 2.75) is 26.4 Å². The molecule has 0 aromatic heterocycles. The van der Waals surface area contributed by atoms with Gasteiger partial charge in [-0.3, -0.25) is 4.79 Å². The van der Waals surface area contributed by atoms with Gasteiger partial charge in [-0.1, -0.05) is 6.07 Å². The molecule has 2 aromatic carbocycles. The summed E-state index contributed by atoms with van der Waals surface area (Å²) in [5.41, 5.74) is 2.32. The number of amides is 1. The van der Waals surface area contributed by atoms with Crippen LogP contribution in [0.2, 0.25) is 0 Å². The molecule has 0 aliphatic carbocycles. The maximum atomic E-state index is 12.8. The van der Waals surface area contributed by atoms with Crippen molar-refractivity contribution in [3.63, 3.8) is 0 Å². The van der Waals surface area contributed by atoms with E-state index in [1.54, 1.807) is 26.4 Å². The van der Waals surface area contributed by atoms with E-state index in [0.29, 0.717) is 35.8 Å². The van der Waals surface area contributed by atoms with E-state index in [9.17, 15) is 4.79 Å². The minimum absolute atomic E-state index is 0.0526. The van der Waals surface area contributed by atoms with Gasteiger partial charge in [-0.05, 0) is 50.2 Å². The Labute approximate surface area is 159 Å². The van der Waals surface area contributed by atoms with Gasteiger partial charge in [0.2, 0.25) is 0 Å². The lowest BCUT2D eigenvalue weighted by atomic mass is 10.1. The van der Waals surface area contributed by atoms with Gasteiger partial charge in [-0.25, -0.2) is 5.01 Å². The van der Waals surface area contributed by atoms with E-state index >= 15 is 0 Å². The maximum Gasteiger partial charge on any atom is 0.274 e. The van der Waals surface area contributed by atoms with Gasteiger partial charge in [0, 0.05) is 17.5 Å². The predicted molar refractivity (Wildman–Crippen MR) is 104 cm³/mol. The summed E-state index contributed by atoms with van der Waals surface area (Å²) in [4.78, 5) is 12.8. The second-order valence-electron chi connectivity index (χ2n) is 6.49. The zero-order valence-electron chi connectivity index (χ0n) is 16.1. The van der Waals surface area contributed by atoms with Gasteiger partial charge < -0.3 is 14.2 Å². The lowest BCUT2D eigenvalue weighted by Crippen LogP contribution is -2.23. The Bertz CT molecular complexity index is 861. The summed E-state index contributed by atoms with van der Waals surface area (Å²) in [6.07, 6.45) is 0.737. The molecule has 1 aliphatic rings. The average molecular weight is 368 g/mol. The molecule has 27 heavy (non-hydrogen) atoms. The number of benzene rings is 2. The molecule has 0 atom stereocenters. The number of nitrogens with zero attached hydrogens (tertiary/aromatic N) is 2. The summed E-state index contributed by atoms with van der Waals surface area (Å²) in [6, 6.07) is 12.8. The van der Waals surface area contributed by atoms with Crippen LogP contribution in [0.25, 0.3) is 0 Å². The largest absolute Gasteiger partial charge is 0.493 e. The molecular formula is C21H24N2O4. The van der Waals surface area contributed by atoms with Gasteiger partial charge in [0.05, 0.1) is 32.6 Å². The van der Waals surface area contributed by atoms with Crippen LogP contribution in [-0.2, 0) is 0 Å². The van der Waals surface area contributed by atoms with Gasteiger partial charge in [-0.15, -0.1) is 0 Å². The standard InChI is InChI=1S/C21H24N2O4/c1-14(2)27-17-7-5-6-16(12-17)21(24)23-11-10-18(22-23)15-8-9-19(25-3)20(13-15)26-4/h5-9,12-14H,10-11H2,1-4H3. The molecule has 1 heterocycles. The fraction of sp³-hybridized carbons (Fsp3) is 0.333. The van der Waals surface area contributed by atoms with E-state index in [-0.39, 0.29) is 12.0 Å². The van der Waals surface area contributed by atoms with Crippen LogP contribution in [0.4, 0.5) is 0 Å². The molecule has 1 amide bonds.